The third-order valence-electron chi connectivity index (χ3n) is 5.58. The number of aryl methyl sites for hydroxylation is 2. The Hall–Kier alpha value is -3.04. The molecule has 158 valence electrons. The van der Waals surface area contributed by atoms with Crippen LogP contribution in [-0.4, -0.2) is 38.0 Å². The molecule has 4 aromatic rings. The van der Waals surface area contributed by atoms with E-state index in [-0.39, 0.29) is 11.8 Å². The highest BCUT2D eigenvalue weighted by molar-refractivity contribution is 7.23. The summed E-state index contributed by atoms with van der Waals surface area (Å²) in [7, 11) is 1.82. The number of hydrogen-bond acceptors (Lipinski definition) is 6. The van der Waals surface area contributed by atoms with E-state index in [1.54, 1.807) is 29.0 Å². The molecule has 9 heteroatoms. The molecule has 0 saturated heterocycles. The Bertz CT molecular complexity index is 1280. The Morgan fingerprint density at radius 3 is 2.71 bits per heavy atom. The molecule has 7 nitrogen and oxygen atoms in total. The normalized spacial score (nSPS) is 13.5. The van der Waals surface area contributed by atoms with Crippen LogP contribution in [0, 0.1) is 6.92 Å². The first kappa shape index (κ1) is 19.9. The van der Waals surface area contributed by atoms with Crippen molar-refractivity contribution in [1.29, 1.82) is 0 Å². The van der Waals surface area contributed by atoms with Gasteiger partial charge in [-0.25, -0.2) is 4.98 Å². The number of amides is 2. The first-order chi connectivity index (χ1) is 14.9. The molecule has 1 aromatic carbocycles. The van der Waals surface area contributed by atoms with Crippen LogP contribution in [0.3, 0.4) is 0 Å². The maximum atomic E-state index is 13.0. The molecule has 1 aliphatic heterocycles. The summed E-state index contributed by atoms with van der Waals surface area (Å²) < 4.78 is 2.80. The van der Waals surface area contributed by atoms with Crippen molar-refractivity contribution in [3.05, 3.63) is 52.2 Å². The van der Waals surface area contributed by atoms with Gasteiger partial charge in [0, 0.05) is 36.7 Å². The smallest absolute Gasteiger partial charge is 0.276 e. The summed E-state index contributed by atoms with van der Waals surface area (Å²) in [5, 5.41) is 9.04. The molecule has 0 fully saturated rings. The van der Waals surface area contributed by atoms with Gasteiger partial charge in [0.2, 0.25) is 5.91 Å². The summed E-state index contributed by atoms with van der Waals surface area (Å²) in [5.41, 5.74) is 4.40. The van der Waals surface area contributed by atoms with E-state index in [0.717, 1.165) is 42.8 Å². The Morgan fingerprint density at radius 1 is 1.19 bits per heavy atom. The number of anilines is 1. The maximum Gasteiger partial charge on any atom is 0.276 e. The fourth-order valence-electron chi connectivity index (χ4n) is 3.80. The van der Waals surface area contributed by atoms with Crippen molar-refractivity contribution in [2.75, 3.05) is 11.9 Å². The van der Waals surface area contributed by atoms with Gasteiger partial charge in [0.15, 0.2) is 5.69 Å². The van der Waals surface area contributed by atoms with Crippen LogP contribution in [0.25, 0.3) is 20.8 Å². The maximum absolute atomic E-state index is 13.0. The number of fused-ring (bicyclic) bond motifs is 2. The minimum absolute atomic E-state index is 0.0649. The van der Waals surface area contributed by atoms with E-state index in [2.05, 4.69) is 16.5 Å². The molecular weight excluding hydrogens is 430 g/mol. The van der Waals surface area contributed by atoms with Crippen LogP contribution in [0.15, 0.2) is 30.3 Å². The zero-order valence-electron chi connectivity index (χ0n) is 17.4. The molecule has 0 bridgehead atoms. The highest BCUT2D eigenvalue weighted by atomic mass is 32.1. The van der Waals surface area contributed by atoms with Crippen LogP contribution in [0.4, 0.5) is 5.00 Å². The minimum Gasteiger partial charge on any atom is -0.337 e. The highest BCUT2D eigenvalue weighted by Crippen LogP contribution is 2.45. The Balaban J connectivity index is 1.59. The van der Waals surface area contributed by atoms with E-state index in [0.29, 0.717) is 18.8 Å². The average Bonchev–Trinajstić information content (AvgIpc) is 3.41. The fraction of sp³-hybridized carbons (Fsp3) is 0.273. The van der Waals surface area contributed by atoms with Gasteiger partial charge in [-0.3, -0.25) is 14.3 Å². The number of para-hydroxylation sites is 1. The molecule has 1 aliphatic rings. The average molecular weight is 452 g/mol. The molecule has 0 spiro atoms. The van der Waals surface area contributed by atoms with Crippen LogP contribution in [0.5, 0.6) is 0 Å². The highest BCUT2D eigenvalue weighted by Gasteiger charge is 2.29. The summed E-state index contributed by atoms with van der Waals surface area (Å²) in [6.45, 7) is 4.74. The Kier molecular flexibility index (Phi) is 4.86. The molecule has 0 atom stereocenters. The molecule has 31 heavy (non-hydrogen) atoms. The zero-order valence-corrected chi connectivity index (χ0v) is 19.1. The van der Waals surface area contributed by atoms with Gasteiger partial charge >= 0.3 is 0 Å². The molecule has 5 rings (SSSR count). The largest absolute Gasteiger partial charge is 0.337 e. The molecule has 0 radical (unpaired) electrons. The third kappa shape index (κ3) is 3.53. The second kappa shape index (κ2) is 7.58. The quantitative estimate of drug-likeness (QED) is 0.506. The first-order valence-corrected chi connectivity index (χ1v) is 11.6. The number of hydrogen-bond donors (Lipinski definition) is 1. The number of carbonyl (C=O) groups excluding carboxylic acids is 2. The van der Waals surface area contributed by atoms with Crippen molar-refractivity contribution >= 4 is 49.7 Å². The van der Waals surface area contributed by atoms with Crippen LogP contribution in [0.2, 0.25) is 0 Å². The van der Waals surface area contributed by atoms with Crippen molar-refractivity contribution in [3.8, 4) is 10.6 Å². The van der Waals surface area contributed by atoms with E-state index < -0.39 is 0 Å². The van der Waals surface area contributed by atoms with Crippen molar-refractivity contribution in [3.63, 3.8) is 0 Å². The number of rotatable bonds is 3. The number of nitrogens with zero attached hydrogens (tertiary/aromatic N) is 4. The predicted molar refractivity (Wildman–Crippen MR) is 124 cm³/mol. The van der Waals surface area contributed by atoms with Gasteiger partial charge in [-0.05, 0) is 37.1 Å². The van der Waals surface area contributed by atoms with E-state index in [1.165, 1.54) is 16.9 Å². The topological polar surface area (TPSA) is 80.1 Å². The molecule has 3 aromatic heterocycles. The Labute approximate surface area is 187 Å². The van der Waals surface area contributed by atoms with Gasteiger partial charge in [0.1, 0.15) is 10.0 Å². The van der Waals surface area contributed by atoms with E-state index in [4.69, 9.17) is 4.98 Å². The van der Waals surface area contributed by atoms with Gasteiger partial charge in [-0.15, -0.1) is 22.7 Å². The lowest BCUT2D eigenvalue weighted by Gasteiger charge is -2.25. The summed E-state index contributed by atoms with van der Waals surface area (Å²) in [5.74, 6) is -0.178. The SMILES string of the molecule is CC(=O)N1CCc2c(sc(NC(=O)c3cc(C)n(C)n3)c2-c2nc3ccccc3s2)C1. The second-order valence-corrected chi connectivity index (χ2v) is 9.77. The monoisotopic (exact) mass is 451 g/mol. The number of benzene rings is 1. The number of aromatic nitrogens is 3. The van der Waals surface area contributed by atoms with Gasteiger partial charge in [0.05, 0.1) is 16.8 Å². The van der Waals surface area contributed by atoms with Crippen molar-refractivity contribution in [2.45, 2.75) is 26.8 Å². The summed E-state index contributed by atoms with van der Waals surface area (Å²) in [4.78, 5) is 32.7. The van der Waals surface area contributed by atoms with Crippen LogP contribution < -0.4 is 5.32 Å². The number of thiophene rings is 1. The standard InChI is InChI=1S/C22H21N5O2S2/c1-12-10-16(25-26(12)3)20(29)24-22-19(21-23-15-6-4-5-7-17(15)30-21)14-8-9-27(13(2)28)11-18(14)31-22/h4-7,10H,8-9,11H2,1-3H3,(H,24,29). The minimum atomic E-state index is -0.243. The van der Waals surface area contributed by atoms with Crippen LogP contribution in [-0.2, 0) is 24.8 Å². The van der Waals surface area contributed by atoms with Gasteiger partial charge < -0.3 is 10.2 Å². The third-order valence-corrected chi connectivity index (χ3v) is 7.77. The fourth-order valence-corrected chi connectivity index (χ4v) is 6.17. The van der Waals surface area contributed by atoms with Gasteiger partial charge in [-0.2, -0.15) is 5.10 Å². The van der Waals surface area contributed by atoms with Crippen molar-refractivity contribution in [2.24, 2.45) is 7.05 Å². The molecule has 0 unspecified atom stereocenters. The molecular formula is C22H21N5O2S2. The molecule has 4 heterocycles. The van der Waals surface area contributed by atoms with E-state index >= 15 is 0 Å². The molecule has 0 saturated carbocycles. The summed E-state index contributed by atoms with van der Waals surface area (Å²) >= 11 is 3.15. The molecule has 0 aliphatic carbocycles. The van der Waals surface area contributed by atoms with Crippen molar-refractivity contribution < 1.29 is 9.59 Å². The lowest BCUT2D eigenvalue weighted by Crippen LogP contribution is -2.33. The summed E-state index contributed by atoms with van der Waals surface area (Å²) in [6, 6.07) is 9.82. The number of carbonyl (C=O) groups is 2. The zero-order chi connectivity index (χ0) is 21.7. The van der Waals surface area contributed by atoms with Crippen LogP contribution in [0.1, 0.15) is 33.5 Å². The van der Waals surface area contributed by atoms with E-state index in [1.807, 2.05) is 37.1 Å². The Morgan fingerprint density at radius 2 is 2.00 bits per heavy atom. The molecule has 2 amide bonds. The lowest BCUT2D eigenvalue weighted by molar-refractivity contribution is -0.129. The first-order valence-electron chi connectivity index (χ1n) is 9.98. The predicted octanol–water partition coefficient (Wildman–Crippen LogP) is 4.22. The van der Waals surface area contributed by atoms with Crippen molar-refractivity contribution in [1.82, 2.24) is 19.7 Å². The van der Waals surface area contributed by atoms with Crippen LogP contribution >= 0.6 is 22.7 Å². The number of thiazole rings is 1. The van der Waals surface area contributed by atoms with Gasteiger partial charge in [0.25, 0.3) is 5.91 Å². The number of nitrogens with one attached hydrogen (secondary N) is 1. The summed E-state index contributed by atoms with van der Waals surface area (Å²) in [6.07, 6.45) is 0.745. The second-order valence-electron chi connectivity index (χ2n) is 7.63. The van der Waals surface area contributed by atoms with Gasteiger partial charge in [-0.1, -0.05) is 12.1 Å². The molecule has 1 N–H and O–H groups in total. The van der Waals surface area contributed by atoms with E-state index in [9.17, 15) is 9.59 Å². The lowest BCUT2D eigenvalue weighted by atomic mass is 10.0.